The van der Waals surface area contributed by atoms with Crippen molar-refractivity contribution in [1.82, 2.24) is 20.4 Å². The number of amides is 1. The van der Waals surface area contributed by atoms with E-state index in [2.05, 4.69) is 30.6 Å². The van der Waals surface area contributed by atoms with Crippen molar-refractivity contribution in [2.24, 2.45) is 0 Å². The third-order valence-electron chi connectivity index (χ3n) is 4.39. The molecule has 0 bridgehead atoms. The summed E-state index contributed by atoms with van der Waals surface area (Å²) in [4.78, 5) is 14.3. The van der Waals surface area contributed by atoms with Crippen LogP contribution in [0, 0.1) is 6.92 Å². The van der Waals surface area contributed by atoms with Crippen molar-refractivity contribution in [3.63, 3.8) is 0 Å². The normalized spacial score (nSPS) is 16.2. The maximum atomic E-state index is 12.2. The van der Waals surface area contributed by atoms with E-state index in [-0.39, 0.29) is 12.0 Å². The van der Waals surface area contributed by atoms with Crippen LogP contribution in [0.1, 0.15) is 17.5 Å². The molecule has 1 unspecified atom stereocenters. The molecule has 1 aliphatic heterocycles. The number of hydrogen-bond donors (Lipinski definition) is 1. The Bertz CT molecular complexity index is 948. The predicted octanol–water partition coefficient (Wildman–Crippen LogP) is 2.48. The number of anilines is 2. The number of benzene rings is 1. The summed E-state index contributed by atoms with van der Waals surface area (Å²) in [6, 6.07) is 11.7. The molecule has 0 saturated carbocycles. The van der Waals surface area contributed by atoms with Crippen LogP contribution in [-0.4, -0.2) is 45.5 Å². The van der Waals surface area contributed by atoms with Gasteiger partial charge in [0.25, 0.3) is 5.19 Å². The van der Waals surface area contributed by atoms with Crippen LogP contribution in [-0.2, 0) is 11.2 Å². The van der Waals surface area contributed by atoms with E-state index in [1.165, 1.54) is 11.3 Å². The van der Waals surface area contributed by atoms with Gasteiger partial charge in [-0.25, -0.2) is 0 Å². The lowest BCUT2D eigenvalue weighted by atomic mass is 10.1. The van der Waals surface area contributed by atoms with Crippen LogP contribution in [0.2, 0.25) is 0 Å². The average molecular weight is 396 g/mol. The summed E-state index contributed by atoms with van der Waals surface area (Å²) in [5, 5.41) is 19.8. The Morgan fingerprint density at radius 3 is 3.04 bits per heavy atom. The molecule has 0 aliphatic carbocycles. The van der Waals surface area contributed by atoms with Gasteiger partial charge < -0.3 is 15.0 Å². The third-order valence-corrected chi connectivity index (χ3v) is 5.12. The van der Waals surface area contributed by atoms with E-state index in [4.69, 9.17) is 4.74 Å². The van der Waals surface area contributed by atoms with Crippen LogP contribution < -0.4 is 15.0 Å². The molecule has 1 N–H and O–H groups in total. The number of ether oxygens (including phenoxy) is 1. The van der Waals surface area contributed by atoms with Crippen molar-refractivity contribution in [3.8, 4) is 5.19 Å². The largest absolute Gasteiger partial charge is 0.464 e. The molecule has 8 nitrogen and oxygen atoms in total. The van der Waals surface area contributed by atoms with Gasteiger partial charge in [0, 0.05) is 19.2 Å². The van der Waals surface area contributed by atoms with E-state index in [0.29, 0.717) is 23.3 Å². The monoisotopic (exact) mass is 396 g/mol. The van der Waals surface area contributed by atoms with Gasteiger partial charge in [-0.15, -0.1) is 10.2 Å². The summed E-state index contributed by atoms with van der Waals surface area (Å²) >= 11 is 1.24. The van der Waals surface area contributed by atoms with Crippen molar-refractivity contribution < 1.29 is 9.53 Å². The highest BCUT2D eigenvalue weighted by Crippen LogP contribution is 2.26. The van der Waals surface area contributed by atoms with E-state index < -0.39 is 0 Å². The second-order valence-electron chi connectivity index (χ2n) is 6.64. The molecule has 1 saturated heterocycles. The van der Waals surface area contributed by atoms with Crippen molar-refractivity contribution in [1.29, 1.82) is 0 Å². The zero-order chi connectivity index (χ0) is 19.3. The topological polar surface area (TPSA) is 93.1 Å². The molecule has 1 fully saturated rings. The van der Waals surface area contributed by atoms with E-state index in [9.17, 15) is 4.79 Å². The van der Waals surface area contributed by atoms with E-state index in [1.807, 2.05) is 43.3 Å². The lowest BCUT2D eigenvalue weighted by molar-refractivity contribution is -0.115. The highest BCUT2D eigenvalue weighted by Gasteiger charge is 2.26. The standard InChI is InChI=1S/C19H20N6O2S/c1-13-4-2-5-14(10-13)11-17(26)21-18-23-24-19(28-18)27-15-7-9-25(12-15)16-6-3-8-20-22-16/h2-6,8,10,15H,7,9,11-12H2,1H3,(H,21,23,26). The van der Waals surface area contributed by atoms with E-state index in [0.717, 1.165) is 29.9 Å². The number of hydrogen-bond acceptors (Lipinski definition) is 8. The number of carbonyl (C=O) groups is 1. The smallest absolute Gasteiger partial charge is 0.296 e. The molecule has 1 aliphatic rings. The first-order chi connectivity index (χ1) is 13.7. The second kappa shape index (κ2) is 8.30. The lowest BCUT2D eigenvalue weighted by Crippen LogP contribution is -2.25. The summed E-state index contributed by atoms with van der Waals surface area (Å²) < 4.78 is 5.93. The van der Waals surface area contributed by atoms with E-state index in [1.54, 1.807) is 6.20 Å². The van der Waals surface area contributed by atoms with Gasteiger partial charge >= 0.3 is 0 Å². The number of nitrogens with one attached hydrogen (secondary N) is 1. The van der Waals surface area contributed by atoms with Gasteiger partial charge in [0.1, 0.15) is 6.10 Å². The highest BCUT2D eigenvalue weighted by molar-refractivity contribution is 7.17. The minimum absolute atomic E-state index is 0.00537. The molecule has 0 radical (unpaired) electrons. The first kappa shape index (κ1) is 18.3. The summed E-state index contributed by atoms with van der Waals surface area (Å²) in [6.07, 6.45) is 2.83. The Morgan fingerprint density at radius 1 is 1.29 bits per heavy atom. The molecule has 9 heteroatoms. The summed E-state index contributed by atoms with van der Waals surface area (Å²) in [5.41, 5.74) is 2.09. The van der Waals surface area contributed by atoms with Crippen LogP contribution >= 0.6 is 11.3 Å². The number of nitrogens with zero attached hydrogens (tertiary/aromatic N) is 5. The fourth-order valence-electron chi connectivity index (χ4n) is 3.12. The molecular formula is C19H20N6O2S. The summed E-state index contributed by atoms with van der Waals surface area (Å²) in [6.45, 7) is 3.57. The third kappa shape index (κ3) is 4.61. The first-order valence-electron chi connectivity index (χ1n) is 9.04. The molecule has 3 heterocycles. The quantitative estimate of drug-likeness (QED) is 0.684. The zero-order valence-corrected chi connectivity index (χ0v) is 16.2. The van der Waals surface area contributed by atoms with Crippen molar-refractivity contribution in [2.45, 2.75) is 25.9 Å². The first-order valence-corrected chi connectivity index (χ1v) is 9.85. The predicted molar refractivity (Wildman–Crippen MR) is 107 cm³/mol. The molecular weight excluding hydrogens is 376 g/mol. The van der Waals surface area contributed by atoms with Crippen LogP contribution in [0.5, 0.6) is 5.19 Å². The van der Waals surface area contributed by atoms with Gasteiger partial charge in [-0.3, -0.25) is 4.79 Å². The van der Waals surface area contributed by atoms with Crippen LogP contribution in [0.3, 0.4) is 0 Å². The minimum atomic E-state index is -0.122. The van der Waals surface area contributed by atoms with Crippen molar-refractivity contribution in [2.75, 3.05) is 23.3 Å². The number of carbonyl (C=O) groups excluding carboxylic acids is 1. The van der Waals surface area contributed by atoms with Gasteiger partial charge in [0.2, 0.25) is 11.0 Å². The van der Waals surface area contributed by atoms with Crippen LogP contribution in [0.25, 0.3) is 0 Å². The lowest BCUT2D eigenvalue weighted by Gasteiger charge is -2.16. The Kier molecular flexibility index (Phi) is 5.43. The number of aryl methyl sites for hydroxylation is 1. The molecule has 4 rings (SSSR count). The van der Waals surface area contributed by atoms with Gasteiger partial charge in [-0.2, -0.15) is 5.10 Å². The Balaban J connectivity index is 1.29. The SMILES string of the molecule is Cc1cccc(CC(=O)Nc2nnc(OC3CCN(c4cccnn4)C3)s2)c1. The van der Waals surface area contributed by atoms with Gasteiger partial charge in [0.15, 0.2) is 5.82 Å². The molecule has 1 aromatic carbocycles. The summed E-state index contributed by atoms with van der Waals surface area (Å²) in [7, 11) is 0. The maximum Gasteiger partial charge on any atom is 0.296 e. The Hall–Kier alpha value is -3.07. The molecule has 3 aromatic rings. The number of rotatable bonds is 6. The molecule has 2 aromatic heterocycles. The number of aromatic nitrogens is 4. The van der Waals surface area contributed by atoms with Gasteiger partial charge in [0.05, 0.1) is 13.0 Å². The van der Waals surface area contributed by atoms with Gasteiger partial charge in [-0.05, 0) is 36.0 Å². The highest BCUT2D eigenvalue weighted by atomic mass is 32.1. The molecule has 1 atom stereocenters. The molecule has 28 heavy (non-hydrogen) atoms. The van der Waals surface area contributed by atoms with E-state index >= 15 is 0 Å². The molecule has 144 valence electrons. The average Bonchev–Trinajstić information content (AvgIpc) is 3.32. The Morgan fingerprint density at radius 2 is 2.21 bits per heavy atom. The van der Waals surface area contributed by atoms with Gasteiger partial charge in [-0.1, -0.05) is 34.9 Å². The Labute approximate surface area is 166 Å². The molecule has 0 spiro atoms. The van der Waals surface area contributed by atoms with Crippen molar-refractivity contribution in [3.05, 3.63) is 53.7 Å². The van der Waals surface area contributed by atoms with Crippen LogP contribution in [0.4, 0.5) is 10.9 Å². The fourth-order valence-corrected chi connectivity index (χ4v) is 3.79. The van der Waals surface area contributed by atoms with Crippen LogP contribution in [0.15, 0.2) is 42.6 Å². The zero-order valence-electron chi connectivity index (χ0n) is 15.4. The van der Waals surface area contributed by atoms with Crippen molar-refractivity contribution >= 4 is 28.2 Å². The minimum Gasteiger partial charge on any atom is -0.464 e. The second-order valence-corrected chi connectivity index (χ2v) is 7.58. The maximum absolute atomic E-state index is 12.2. The fraction of sp³-hybridized carbons (Fsp3) is 0.316. The molecule has 1 amide bonds. The summed E-state index contributed by atoms with van der Waals surface area (Å²) in [5.74, 6) is 0.720.